The zero-order chi connectivity index (χ0) is 14.2. The zero-order valence-electron chi connectivity index (χ0n) is 12.8. The van der Waals surface area contributed by atoms with E-state index in [2.05, 4.69) is 29.5 Å². The first-order valence-electron chi connectivity index (χ1n) is 7.24. The number of hydrogen-bond donors (Lipinski definition) is 2. The van der Waals surface area contributed by atoms with E-state index in [0.29, 0.717) is 24.6 Å². The summed E-state index contributed by atoms with van der Waals surface area (Å²) in [7, 11) is 1.80. The number of guanidine groups is 1. The van der Waals surface area contributed by atoms with Gasteiger partial charge in [-0.3, -0.25) is 4.99 Å². The molecule has 6 heteroatoms. The Labute approximate surface area is 142 Å². The zero-order valence-corrected chi connectivity index (χ0v) is 15.1. The van der Waals surface area contributed by atoms with E-state index in [1.807, 2.05) is 12.1 Å². The molecule has 0 amide bonds. The second kappa shape index (κ2) is 6.56. The Bertz CT molecular complexity index is 487. The van der Waals surface area contributed by atoms with Gasteiger partial charge in [0, 0.05) is 31.0 Å². The van der Waals surface area contributed by atoms with E-state index in [-0.39, 0.29) is 29.4 Å². The minimum Gasteiger partial charge on any atom is -0.467 e. The van der Waals surface area contributed by atoms with Crippen molar-refractivity contribution < 1.29 is 9.15 Å². The Morgan fingerprint density at radius 3 is 2.95 bits per heavy atom. The lowest BCUT2D eigenvalue weighted by Gasteiger charge is -2.54. The number of ether oxygens (including phenoxy) is 1. The van der Waals surface area contributed by atoms with Crippen LogP contribution in [0.5, 0.6) is 0 Å². The van der Waals surface area contributed by atoms with E-state index in [1.165, 1.54) is 0 Å². The molecule has 118 valence electrons. The molecule has 1 saturated carbocycles. The van der Waals surface area contributed by atoms with E-state index >= 15 is 0 Å². The third kappa shape index (κ3) is 3.06. The molecule has 3 unspecified atom stereocenters. The normalized spacial score (nSPS) is 30.0. The monoisotopic (exact) mass is 405 g/mol. The highest BCUT2D eigenvalue weighted by Crippen LogP contribution is 2.52. The number of nitrogens with one attached hydrogen (secondary N) is 2. The maximum absolute atomic E-state index is 5.82. The molecular formula is C15H24IN3O2. The summed E-state index contributed by atoms with van der Waals surface area (Å²) in [5.41, 5.74) is 0.156. The first-order valence-corrected chi connectivity index (χ1v) is 7.24. The molecule has 1 aliphatic carbocycles. The van der Waals surface area contributed by atoms with E-state index in [0.717, 1.165) is 24.7 Å². The standard InChI is InChI=1S/C15H23N3O2.HI/c1-15(2)12(11-6-8-20-13(11)15)18-14(16-3)17-9-10-5-4-7-19-10;/h4-5,7,11-13H,6,8-9H2,1-3H3,(H2,16,17,18);1H. The molecule has 2 aliphatic rings. The van der Waals surface area contributed by atoms with Gasteiger partial charge in [0.2, 0.25) is 0 Å². The maximum atomic E-state index is 5.82. The van der Waals surface area contributed by atoms with Crippen LogP contribution in [0.15, 0.2) is 27.8 Å². The highest BCUT2D eigenvalue weighted by Gasteiger charge is 2.59. The molecule has 1 aromatic rings. The topological polar surface area (TPSA) is 58.8 Å². The summed E-state index contributed by atoms with van der Waals surface area (Å²) in [5, 5.41) is 6.84. The van der Waals surface area contributed by atoms with Crippen molar-refractivity contribution in [1.82, 2.24) is 10.6 Å². The van der Waals surface area contributed by atoms with Crippen LogP contribution in [-0.4, -0.2) is 31.8 Å². The average Bonchev–Trinajstić information content (AvgIpc) is 3.08. The Hall–Kier alpha value is -0.760. The smallest absolute Gasteiger partial charge is 0.191 e. The van der Waals surface area contributed by atoms with Gasteiger partial charge in [-0.1, -0.05) is 13.8 Å². The van der Waals surface area contributed by atoms with Crippen molar-refractivity contribution in [2.45, 2.75) is 39.0 Å². The fourth-order valence-electron chi connectivity index (χ4n) is 3.54. The summed E-state index contributed by atoms with van der Waals surface area (Å²) in [6.07, 6.45) is 3.21. The molecule has 2 N–H and O–H groups in total. The molecule has 1 aliphatic heterocycles. The largest absolute Gasteiger partial charge is 0.467 e. The molecule has 2 fully saturated rings. The summed E-state index contributed by atoms with van der Waals surface area (Å²) < 4.78 is 11.1. The molecule has 21 heavy (non-hydrogen) atoms. The van der Waals surface area contributed by atoms with Gasteiger partial charge >= 0.3 is 0 Å². The van der Waals surface area contributed by atoms with Gasteiger partial charge in [-0.2, -0.15) is 0 Å². The van der Waals surface area contributed by atoms with Crippen molar-refractivity contribution in [2.75, 3.05) is 13.7 Å². The second-order valence-electron chi connectivity index (χ2n) is 6.19. The summed E-state index contributed by atoms with van der Waals surface area (Å²) in [6.45, 7) is 6.05. The molecule has 2 heterocycles. The summed E-state index contributed by atoms with van der Waals surface area (Å²) in [5.74, 6) is 2.33. The predicted octanol–water partition coefficient (Wildman–Crippen LogP) is 2.38. The quantitative estimate of drug-likeness (QED) is 0.461. The maximum Gasteiger partial charge on any atom is 0.191 e. The van der Waals surface area contributed by atoms with Crippen LogP contribution in [0.4, 0.5) is 0 Å². The molecule has 0 bridgehead atoms. The van der Waals surface area contributed by atoms with Gasteiger partial charge in [0.25, 0.3) is 0 Å². The summed E-state index contributed by atoms with van der Waals surface area (Å²) in [4.78, 5) is 4.30. The van der Waals surface area contributed by atoms with Crippen LogP contribution in [0.2, 0.25) is 0 Å². The fraction of sp³-hybridized carbons (Fsp3) is 0.667. The molecule has 0 spiro atoms. The number of rotatable bonds is 3. The molecule has 0 aromatic carbocycles. The Morgan fingerprint density at radius 2 is 2.29 bits per heavy atom. The van der Waals surface area contributed by atoms with Gasteiger partial charge in [-0.25, -0.2) is 0 Å². The average molecular weight is 405 g/mol. The number of aliphatic imine (C=N–C) groups is 1. The van der Waals surface area contributed by atoms with Crippen LogP contribution in [0, 0.1) is 11.3 Å². The van der Waals surface area contributed by atoms with Crippen molar-refractivity contribution in [1.29, 1.82) is 0 Å². The molecule has 3 atom stereocenters. The van der Waals surface area contributed by atoms with Gasteiger partial charge < -0.3 is 19.8 Å². The summed E-state index contributed by atoms with van der Waals surface area (Å²) >= 11 is 0. The third-order valence-electron chi connectivity index (χ3n) is 4.63. The number of fused-ring (bicyclic) bond motifs is 1. The van der Waals surface area contributed by atoms with Gasteiger partial charge in [-0.15, -0.1) is 24.0 Å². The van der Waals surface area contributed by atoms with Crippen LogP contribution in [0.25, 0.3) is 0 Å². The Balaban J connectivity index is 0.00000161. The van der Waals surface area contributed by atoms with E-state index < -0.39 is 0 Å². The van der Waals surface area contributed by atoms with Gasteiger partial charge in [0.1, 0.15) is 5.76 Å². The lowest BCUT2D eigenvalue weighted by Crippen LogP contribution is -2.67. The highest BCUT2D eigenvalue weighted by molar-refractivity contribution is 14.0. The number of nitrogens with zero attached hydrogens (tertiary/aromatic N) is 1. The number of halogens is 1. The number of hydrogen-bond acceptors (Lipinski definition) is 3. The molecule has 1 saturated heterocycles. The molecule has 5 nitrogen and oxygen atoms in total. The minimum absolute atomic E-state index is 0. The molecule has 3 rings (SSSR count). The van der Waals surface area contributed by atoms with Crippen LogP contribution in [-0.2, 0) is 11.3 Å². The van der Waals surface area contributed by atoms with Gasteiger partial charge in [0.15, 0.2) is 5.96 Å². The third-order valence-corrected chi connectivity index (χ3v) is 4.63. The van der Waals surface area contributed by atoms with Crippen LogP contribution in [0.3, 0.4) is 0 Å². The highest BCUT2D eigenvalue weighted by atomic mass is 127. The molecule has 1 aromatic heterocycles. The molecular weight excluding hydrogens is 381 g/mol. The van der Waals surface area contributed by atoms with E-state index in [1.54, 1.807) is 13.3 Å². The van der Waals surface area contributed by atoms with E-state index in [4.69, 9.17) is 9.15 Å². The minimum atomic E-state index is 0. The number of furan rings is 1. The molecule has 0 radical (unpaired) electrons. The first kappa shape index (κ1) is 16.6. The van der Waals surface area contributed by atoms with Crippen molar-refractivity contribution in [2.24, 2.45) is 16.3 Å². The Kier molecular flexibility index (Phi) is 5.19. The van der Waals surface area contributed by atoms with Gasteiger partial charge in [0.05, 0.1) is 18.9 Å². The lowest BCUT2D eigenvalue weighted by molar-refractivity contribution is -0.106. The second-order valence-corrected chi connectivity index (χ2v) is 6.19. The van der Waals surface area contributed by atoms with Crippen LogP contribution < -0.4 is 10.6 Å². The van der Waals surface area contributed by atoms with Crippen molar-refractivity contribution in [3.05, 3.63) is 24.2 Å². The van der Waals surface area contributed by atoms with Crippen LogP contribution >= 0.6 is 24.0 Å². The van der Waals surface area contributed by atoms with Gasteiger partial charge in [-0.05, 0) is 18.6 Å². The first-order chi connectivity index (χ1) is 9.63. The SMILES string of the molecule is CN=C(NCc1ccco1)NC1C2CCOC2C1(C)C.I. The fourth-order valence-corrected chi connectivity index (χ4v) is 3.54. The van der Waals surface area contributed by atoms with Crippen molar-refractivity contribution in [3.8, 4) is 0 Å². The van der Waals surface area contributed by atoms with Crippen LogP contribution in [0.1, 0.15) is 26.0 Å². The van der Waals surface area contributed by atoms with E-state index in [9.17, 15) is 0 Å². The lowest BCUT2D eigenvalue weighted by atomic mass is 9.57. The Morgan fingerprint density at radius 1 is 1.48 bits per heavy atom. The summed E-state index contributed by atoms with van der Waals surface area (Å²) in [6, 6.07) is 4.26. The van der Waals surface area contributed by atoms with Crippen molar-refractivity contribution >= 4 is 29.9 Å². The van der Waals surface area contributed by atoms with Crippen molar-refractivity contribution in [3.63, 3.8) is 0 Å². The predicted molar refractivity (Wildman–Crippen MR) is 92.9 cm³/mol.